The third-order valence-corrected chi connectivity index (χ3v) is 3.84. The van der Waals surface area contributed by atoms with Crippen LogP contribution in [0.1, 0.15) is 11.4 Å². The molecule has 110 valence electrons. The van der Waals surface area contributed by atoms with Gasteiger partial charge in [0.1, 0.15) is 11.6 Å². The first-order valence-corrected chi connectivity index (χ1v) is 7.37. The van der Waals surface area contributed by atoms with Gasteiger partial charge >= 0.3 is 0 Å². The molecule has 0 aliphatic carbocycles. The molecule has 1 aromatic heterocycles. The van der Waals surface area contributed by atoms with E-state index in [1.807, 2.05) is 6.07 Å². The standard InChI is InChI=1S/C16H12BrN3O2/c1-10-19-14-5-3-2-4-12(14)16(22)20(10)18-9-11-6-7-15(21)13(17)8-11/h2-9,21H,1H3. The third kappa shape index (κ3) is 2.65. The van der Waals surface area contributed by atoms with Gasteiger partial charge in [-0.25, -0.2) is 4.98 Å². The maximum Gasteiger partial charge on any atom is 0.282 e. The van der Waals surface area contributed by atoms with Crippen molar-refractivity contribution in [2.75, 3.05) is 0 Å². The van der Waals surface area contributed by atoms with E-state index in [0.717, 1.165) is 5.56 Å². The van der Waals surface area contributed by atoms with E-state index in [2.05, 4.69) is 26.0 Å². The number of aryl methyl sites for hydroxylation is 1. The fourth-order valence-corrected chi connectivity index (χ4v) is 2.50. The zero-order valence-corrected chi connectivity index (χ0v) is 13.3. The van der Waals surface area contributed by atoms with E-state index < -0.39 is 0 Å². The smallest absolute Gasteiger partial charge is 0.282 e. The molecule has 1 N–H and O–H groups in total. The number of para-hydroxylation sites is 1. The highest BCUT2D eigenvalue weighted by molar-refractivity contribution is 9.10. The highest BCUT2D eigenvalue weighted by atomic mass is 79.9. The quantitative estimate of drug-likeness (QED) is 0.716. The number of aromatic hydroxyl groups is 1. The predicted molar refractivity (Wildman–Crippen MR) is 89.5 cm³/mol. The molecule has 2 aromatic carbocycles. The summed E-state index contributed by atoms with van der Waals surface area (Å²) in [6.07, 6.45) is 1.55. The third-order valence-electron chi connectivity index (χ3n) is 3.21. The lowest BCUT2D eigenvalue weighted by atomic mass is 10.2. The topological polar surface area (TPSA) is 67.5 Å². The van der Waals surface area contributed by atoms with Crippen LogP contribution in [-0.2, 0) is 0 Å². The van der Waals surface area contributed by atoms with Gasteiger partial charge in [-0.1, -0.05) is 12.1 Å². The Morgan fingerprint density at radius 2 is 2.05 bits per heavy atom. The van der Waals surface area contributed by atoms with Gasteiger partial charge in [-0.3, -0.25) is 4.79 Å². The van der Waals surface area contributed by atoms with E-state index >= 15 is 0 Å². The van der Waals surface area contributed by atoms with Crippen LogP contribution in [0.4, 0.5) is 0 Å². The summed E-state index contributed by atoms with van der Waals surface area (Å²) in [6.45, 7) is 1.73. The molecule has 0 aliphatic heterocycles. The van der Waals surface area contributed by atoms with E-state index in [1.165, 1.54) is 4.68 Å². The normalized spacial score (nSPS) is 11.4. The number of phenolic OH excluding ortho intramolecular Hbond substituents is 1. The molecule has 0 bridgehead atoms. The van der Waals surface area contributed by atoms with E-state index in [4.69, 9.17) is 0 Å². The average molecular weight is 358 g/mol. The van der Waals surface area contributed by atoms with Crippen LogP contribution in [0.5, 0.6) is 5.75 Å². The zero-order valence-electron chi connectivity index (χ0n) is 11.7. The van der Waals surface area contributed by atoms with Crippen molar-refractivity contribution in [3.8, 4) is 5.75 Å². The Morgan fingerprint density at radius 1 is 1.27 bits per heavy atom. The number of hydrogen-bond donors (Lipinski definition) is 1. The Bertz CT molecular complexity index is 948. The minimum Gasteiger partial charge on any atom is -0.507 e. The lowest BCUT2D eigenvalue weighted by Crippen LogP contribution is -2.20. The van der Waals surface area contributed by atoms with Crippen molar-refractivity contribution in [2.24, 2.45) is 5.10 Å². The van der Waals surface area contributed by atoms with Gasteiger partial charge in [0, 0.05) is 0 Å². The number of rotatable bonds is 2. The maximum atomic E-state index is 12.5. The van der Waals surface area contributed by atoms with Crippen molar-refractivity contribution in [3.05, 3.63) is 68.7 Å². The molecule has 0 radical (unpaired) electrons. The van der Waals surface area contributed by atoms with Crippen molar-refractivity contribution in [1.82, 2.24) is 9.66 Å². The molecule has 0 amide bonds. The lowest BCUT2D eigenvalue weighted by Gasteiger charge is -2.05. The average Bonchev–Trinajstić information content (AvgIpc) is 2.50. The molecule has 0 aliphatic rings. The molecule has 6 heteroatoms. The van der Waals surface area contributed by atoms with Crippen molar-refractivity contribution in [3.63, 3.8) is 0 Å². The second kappa shape index (κ2) is 5.73. The minimum absolute atomic E-state index is 0.151. The number of nitrogens with zero attached hydrogens (tertiary/aromatic N) is 3. The van der Waals surface area contributed by atoms with Crippen LogP contribution in [0.15, 0.2) is 56.8 Å². The molecular formula is C16H12BrN3O2. The molecule has 0 saturated heterocycles. The molecule has 22 heavy (non-hydrogen) atoms. The Kier molecular flexibility index (Phi) is 3.77. The largest absolute Gasteiger partial charge is 0.507 e. The maximum absolute atomic E-state index is 12.5. The first-order chi connectivity index (χ1) is 10.6. The molecule has 3 aromatic rings. The molecule has 0 spiro atoms. The fraction of sp³-hybridized carbons (Fsp3) is 0.0625. The molecule has 0 atom stereocenters. The van der Waals surface area contributed by atoms with Gasteiger partial charge < -0.3 is 5.11 Å². The monoisotopic (exact) mass is 357 g/mol. The van der Waals surface area contributed by atoms with Gasteiger partial charge in [-0.05, 0) is 58.7 Å². The highest BCUT2D eigenvalue weighted by Crippen LogP contribution is 2.23. The van der Waals surface area contributed by atoms with Gasteiger partial charge in [0.2, 0.25) is 0 Å². The van der Waals surface area contributed by atoms with Crippen LogP contribution in [0.25, 0.3) is 10.9 Å². The van der Waals surface area contributed by atoms with Crippen LogP contribution in [-0.4, -0.2) is 21.0 Å². The predicted octanol–water partition coefficient (Wildman–Crippen LogP) is 3.06. The van der Waals surface area contributed by atoms with Gasteiger partial charge in [0.25, 0.3) is 5.56 Å². The van der Waals surface area contributed by atoms with E-state index in [1.54, 1.807) is 49.5 Å². The summed E-state index contributed by atoms with van der Waals surface area (Å²) in [4.78, 5) is 16.8. The summed E-state index contributed by atoms with van der Waals surface area (Å²) in [5.74, 6) is 0.663. The van der Waals surface area contributed by atoms with Gasteiger partial charge in [0.05, 0.1) is 21.6 Å². The van der Waals surface area contributed by atoms with Crippen LogP contribution in [0.3, 0.4) is 0 Å². The Hall–Kier alpha value is -2.47. The van der Waals surface area contributed by atoms with E-state index in [9.17, 15) is 9.90 Å². The molecule has 1 heterocycles. The molecule has 3 rings (SSSR count). The zero-order chi connectivity index (χ0) is 15.7. The van der Waals surface area contributed by atoms with E-state index in [-0.39, 0.29) is 11.3 Å². The number of fused-ring (bicyclic) bond motifs is 1. The molecule has 5 nitrogen and oxygen atoms in total. The summed E-state index contributed by atoms with van der Waals surface area (Å²) < 4.78 is 1.83. The Morgan fingerprint density at radius 3 is 2.82 bits per heavy atom. The molecule has 0 fully saturated rings. The van der Waals surface area contributed by atoms with Crippen LogP contribution < -0.4 is 5.56 Å². The summed E-state index contributed by atoms with van der Waals surface area (Å²) >= 11 is 3.24. The number of aromatic nitrogens is 2. The lowest BCUT2D eigenvalue weighted by molar-refractivity contribution is 0.472. The fourth-order valence-electron chi connectivity index (χ4n) is 2.10. The van der Waals surface area contributed by atoms with Crippen LogP contribution in [0.2, 0.25) is 0 Å². The number of hydrogen-bond acceptors (Lipinski definition) is 4. The second-order valence-corrected chi connectivity index (χ2v) is 5.60. The molecule has 0 saturated carbocycles. The Balaban J connectivity index is 2.08. The SMILES string of the molecule is Cc1nc2ccccc2c(=O)n1N=Cc1ccc(O)c(Br)c1. The number of halogens is 1. The van der Waals surface area contributed by atoms with Crippen molar-refractivity contribution < 1.29 is 5.11 Å². The first-order valence-electron chi connectivity index (χ1n) is 6.57. The molecule has 0 unspecified atom stereocenters. The van der Waals surface area contributed by atoms with Gasteiger partial charge in [0.15, 0.2) is 0 Å². The van der Waals surface area contributed by atoms with Crippen molar-refractivity contribution in [1.29, 1.82) is 0 Å². The van der Waals surface area contributed by atoms with Gasteiger partial charge in [-0.2, -0.15) is 9.78 Å². The second-order valence-electron chi connectivity index (χ2n) is 4.75. The van der Waals surface area contributed by atoms with E-state index in [0.29, 0.717) is 21.2 Å². The van der Waals surface area contributed by atoms with Crippen LogP contribution in [0, 0.1) is 6.92 Å². The summed E-state index contributed by atoms with van der Waals surface area (Å²) in [6, 6.07) is 12.1. The van der Waals surface area contributed by atoms with Crippen LogP contribution >= 0.6 is 15.9 Å². The van der Waals surface area contributed by atoms with Gasteiger partial charge in [-0.15, -0.1) is 0 Å². The Labute approximate surface area is 134 Å². The number of benzene rings is 2. The van der Waals surface area contributed by atoms with Crippen molar-refractivity contribution in [2.45, 2.75) is 6.92 Å². The first kappa shape index (κ1) is 14.5. The number of phenols is 1. The minimum atomic E-state index is -0.211. The molecular weight excluding hydrogens is 346 g/mol. The highest BCUT2D eigenvalue weighted by Gasteiger charge is 2.06. The van der Waals surface area contributed by atoms with Crippen molar-refractivity contribution >= 4 is 33.0 Å². The summed E-state index contributed by atoms with van der Waals surface area (Å²) in [5.41, 5.74) is 1.20. The summed E-state index contributed by atoms with van der Waals surface area (Å²) in [7, 11) is 0. The summed E-state index contributed by atoms with van der Waals surface area (Å²) in [5, 5.41) is 14.2.